The zero-order valence-electron chi connectivity index (χ0n) is 13.7. The monoisotopic (exact) mass is 393 g/mol. The first-order valence-electron chi connectivity index (χ1n) is 7.62. The van der Waals surface area contributed by atoms with Gasteiger partial charge in [0.25, 0.3) is 5.91 Å². The van der Waals surface area contributed by atoms with Gasteiger partial charge in [0.1, 0.15) is 11.6 Å². The van der Waals surface area contributed by atoms with Crippen molar-refractivity contribution in [2.45, 2.75) is 13.7 Å². The minimum Gasteiger partial charge on any atom is -0.471 e. The van der Waals surface area contributed by atoms with Gasteiger partial charge in [-0.25, -0.2) is 9.07 Å². The SMILES string of the molecule is Cc1c(Cl)cccc1NC(=O)c1ccn(COc2ccc(F)c(Cl)c2)n1. The van der Waals surface area contributed by atoms with Crippen LogP contribution in [0.5, 0.6) is 5.75 Å². The van der Waals surface area contributed by atoms with Gasteiger partial charge in [-0.3, -0.25) is 4.79 Å². The van der Waals surface area contributed by atoms with Crippen LogP contribution in [0.3, 0.4) is 0 Å². The van der Waals surface area contributed by atoms with Gasteiger partial charge in [0.2, 0.25) is 0 Å². The number of nitrogens with zero attached hydrogens (tertiary/aromatic N) is 2. The molecule has 0 spiro atoms. The minimum atomic E-state index is -0.520. The molecule has 134 valence electrons. The molecule has 0 aliphatic carbocycles. The summed E-state index contributed by atoms with van der Waals surface area (Å²) in [6, 6.07) is 10.9. The van der Waals surface area contributed by atoms with Crippen LogP contribution in [-0.2, 0) is 6.73 Å². The molecular weight excluding hydrogens is 380 g/mol. The molecule has 0 saturated carbocycles. The Bertz CT molecular complexity index is 959. The molecule has 5 nitrogen and oxygen atoms in total. The fourth-order valence-corrected chi connectivity index (χ4v) is 2.54. The van der Waals surface area contributed by atoms with Crippen LogP contribution in [0, 0.1) is 12.7 Å². The molecule has 8 heteroatoms. The molecule has 0 fully saturated rings. The number of hydrogen-bond donors (Lipinski definition) is 1. The van der Waals surface area contributed by atoms with E-state index in [0.717, 1.165) is 5.56 Å². The first-order chi connectivity index (χ1) is 12.4. The number of hydrogen-bond acceptors (Lipinski definition) is 3. The van der Waals surface area contributed by atoms with Gasteiger partial charge < -0.3 is 10.1 Å². The summed E-state index contributed by atoms with van der Waals surface area (Å²) in [5.74, 6) is -0.486. The van der Waals surface area contributed by atoms with Crippen molar-refractivity contribution in [1.29, 1.82) is 0 Å². The lowest BCUT2D eigenvalue weighted by molar-refractivity contribution is 0.102. The van der Waals surface area contributed by atoms with Crippen LogP contribution >= 0.6 is 23.2 Å². The van der Waals surface area contributed by atoms with Crippen LogP contribution in [0.15, 0.2) is 48.7 Å². The van der Waals surface area contributed by atoms with Crippen molar-refractivity contribution in [2.24, 2.45) is 0 Å². The molecule has 3 rings (SSSR count). The van der Waals surface area contributed by atoms with Crippen molar-refractivity contribution in [3.05, 3.63) is 75.8 Å². The van der Waals surface area contributed by atoms with Crippen LogP contribution in [0.4, 0.5) is 10.1 Å². The second-order valence-corrected chi connectivity index (χ2v) is 6.27. The number of amides is 1. The van der Waals surface area contributed by atoms with Gasteiger partial charge >= 0.3 is 0 Å². The number of rotatable bonds is 5. The molecule has 0 bridgehead atoms. The van der Waals surface area contributed by atoms with Gasteiger partial charge in [0, 0.05) is 23.0 Å². The normalized spacial score (nSPS) is 10.6. The maximum atomic E-state index is 13.1. The average molecular weight is 394 g/mol. The fraction of sp³-hybridized carbons (Fsp3) is 0.111. The Kier molecular flexibility index (Phi) is 5.44. The van der Waals surface area contributed by atoms with Crippen molar-refractivity contribution < 1.29 is 13.9 Å². The van der Waals surface area contributed by atoms with Crippen LogP contribution in [0.25, 0.3) is 0 Å². The van der Waals surface area contributed by atoms with Crippen LogP contribution in [-0.4, -0.2) is 15.7 Å². The summed E-state index contributed by atoms with van der Waals surface area (Å²) in [7, 11) is 0. The lowest BCUT2D eigenvalue weighted by Crippen LogP contribution is -2.15. The summed E-state index contributed by atoms with van der Waals surface area (Å²) >= 11 is 11.7. The Hall–Kier alpha value is -2.57. The van der Waals surface area contributed by atoms with Crippen LogP contribution < -0.4 is 10.1 Å². The highest BCUT2D eigenvalue weighted by molar-refractivity contribution is 6.32. The number of carbonyl (C=O) groups is 1. The Balaban J connectivity index is 1.64. The summed E-state index contributed by atoms with van der Waals surface area (Å²) in [6.07, 6.45) is 1.60. The number of nitrogens with one attached hydrogen (secondary N) is 1. The molecule has 0 radical (unpaired) electrons. The second kappa shape index (κ2) is 7.76. The van der Waals surface area contributed by atoms with Crippen molar-refractivity contribution in [3.8, 4) is 5.75 Å². The van der Waals surface area contributed by atoms with Crippen LogP contribution in [0.1, 0.15) is 16.1 Å². The van der Waals surface area contributed by atoms with Gasteiger partial charge in [-0.15, -0.1) is 0 Å². The van der Waals surface area contributed by atoms with E-state index in [9.17, 15) is 9.18 Å². The molecule has 0 atom stereocenters. The molecule has 0 saturated heterocycles. The smallest absolute Gasteiger partial charge is 0.276 e. The first-order valence-corrected chi connectivity index (χ1v) is 8.37. The highest BCUT2D eigenvalue weighted by Gasteiger charge is 2.12. The molecule has 26 heavy (non-hydrogen) atoms. The molecule has 0 unspecified atom stereocenters. The molecule has 0 aliphatic rings. The molecule has 2 aromatic carbocycles. The molecule has 1 amide bonds. The van der Waals surface area contributed by atoms with Gasteiger partial charge in [-0.1, -0.05) is 29.3 Å². The van der Waals surface area contributed by atoms with Crippen molar-refractivity contribution >= 4 is 34.8 Å². The lowest BCUT2D eigenvalue weighted by atomic mass is 10.2. The quantitative estimate of drug-likeness (QED) is 0.668. The molecule has 1 heterocycles. The summed E-state index contributed by atoms with van der Waals surface area (Å²) < 4.78 is 20.0. The Morgan fingerprint density at radius 3 is 2.81 bits per heavy atom. The maximum Gasteiger partial charge on any atom is 0.276 e. The van der Waals surface area contributed by atoms with Crippen molar-refractivity contribution in [3.63, 3.8) is 0 Å². The van der Waals surface area contributed by atoms with E-state index < -0.39 is 5.82 Å². The minimum absolute atomic E-state index is 0.0278. The number of carbonyl (C=O) groups excluding carboxylic acids is 1. The van der Waals surface area contributed by atoms with E-state index in [1.165, 1.54) is 22.9 Å². The third-order valence-electron chi connectivity index (χ3n) is 3.64. The molecule has 1 aromatic heterocycles. The predicted octanol–water partition coefficient (Wildman–Crippen LogP) is 4.93. The average Bonchev–Trinajstić information content (AvgIpc) is 3.09. The highest BCUT2D eigenvalue weighted by Crippen LogP contribution is 2.23. The van der Waals surface area contributed by atoms with E-state index in [4.69, 9.17) is 27.9 Å². The Morgan fingerprint density at radius 2 is 2.04 bits per heavy atom. The third kappa shape index (κ3) is 4.15. The summed E-state index contributed by atoms with van der Waals surface area (Å²) in [6.45, 7) is 1.86. The number of halogens is 3. The summed E-state index contributed by atoms with van der Waals surface area (Å²) in [4.78, 5) is 12.3. The highest BCUT2D eigenvalue weighted by atomic mass is 35.5. The van der Waals surface area contributed by atoms with E-state index in [-0.39, 0.29) is 23.4 Å². The summed E-state index contributed by atoms with van der Waals surface area (Å²) in [5.41, 5.74) is 1.62. The van der Waals surface area contributed by atoms with Gasteiger partial charge in [0.05, 0.1) is 5.02 Å². The number of benzene rings is 2. The van der Waals surface area contributed by atoms with Gasteiger partial charge in [-0.05, 0) is 42.8 Å². The number of ether oxygens (including phenoxy) is 1. The van der Waals surface area contributed by atoms with Crippen molar-refractivity contribution in [2.75, 3.05) is 5.32 Å². The van der Waals surface area contributed by atoms with E-state index in [0.29, 0.717) is 16.5 Å². The summed E-state index contributed by atoms with van der Waals surface area (Å²) in [5, 5.41) is 7.46. The predicted molar refractivity (Wildman–Crippen MR) is 98.4 cm³/mol. The van der Waals surface area contributed by atoms with E-state index in [2.05, 4.69) is 10.4 Å². The largest absolute Gasteiger partial charge is 0.471 e. The fourth-order valence-electron chi connectivity index (χ4n) is 2.19. The van der Waals surface area contributed by atoms with Crippen molar-refractivity contribution in [1.82, 2.24) is 9.78 Å². The molecule has 3 aromatic rings. The Labute approximate surface area is 159 Å². The zero-order chi connectivity index (χ0) is 18.7. The van der Waals surface area contributed by atoms with Gasteiger partial charge in [-0.2, -0.15) is 5.10 Å². The second-order valence-electron chi connectivity index (χ2n) is 5.46. The van der Waals surface area contributed by atoms with E-state index >= 15 is 0 Å². The van der Waals surface area contributed by atoms with E-state index in [1.54, 1.807) is 30.5 Å². The zero-order valence-corrected chi connectivity index (χ0v) is 15.2. The number of aromatic nitrogens is 2. The molecule has 1 N–H and O–H groups in total. The first kappa shape index (κ1) is 18.2. The van der Waals surface area contributed by atoms with E-state index in [1.807, 2.05) is 6.92 Å². The van der Waals surface area contributed by atoms with Gasteiger partial charge in [0.15, 0.2) is 12.4 Å². The topological polar surface area (TPSA) is 56.2 Å². The number of anilines is 1. The standard InChI is InChI=1S/C18H14Cl2FN3O2/c1-11-13(19)3-2-4-16(11)22-18(25)17-7-8-24(23-17)10-26-12-5-6-15(21)14(20)9-12/h2-9H,10H2,1H3,(H,22,25). The maximum absolute atomic E-state index is 13.1. The molecule has 0 aliphatic heterocycles. The lowest BCUT2D eigenvalue weighted by Gasteiger charge is -2.08. The Morgan fingerprint density at radius 1 is 1.23 bits per heavy atom. The molecular formula is C18H14Cl2FN3O2. The third-order valence-corrected chi connectivity index (χ3v) is 4.34. The van der Waals surface area contributed by atoms with Crippen LogP contribution in [0.2, 0.25) is 10.0 Å².